The van der Waals surface area contributed by atoms with Crippen LogP contribution in [0.5, 0.6) is 0 Å². The van der Waals surface area contributed by atoms with Crippen LogP contribution in [0.25, 0.3) is 0 Å². The van der Waals surface area contributed by atoms with Crippen molar-refractivity contribution < 1.29 is 4.74 Å². The number of hydrogen-bond acceptors (Lipinski definition) is 3. The van der Waals surface area contributed by atoms with Gasteiger partial charge in [-0.3, -0.25) is 4.90 Å². The molecule has 0 aromatic heterocycles. The Balaban J connectivity index is 2.51. The Morgan fingerprint density at radius 1 is 1.62 bits per heavy atom. The van der Waals surface area contributed by atoms with E-state index in [1.165, 1.54) is 0 Å². The van der Waals surface area contributed by atoms with Gasteiger partial charge in [0.2, 0.25) is 0 Å². The van der Waals surface area contributed by atoms with Gasteiger partial charge < -0.3 is 4.74 Å². The summed E-state index contributed by atoms with van der Waals surface area (Å²) in [6.45, 7) is 8.96. The van der Waals surface area contributed by atoms with Crippen LogP contribution in [-0.4, -0.2) is 36.2 Å². The summed E-state index contributed by atoms with van der Waals surface area (Å²) in [4.78, 5) is 2.34. The Morgan fingerprint density at radius 3 is 2.92 bits per heavy atom. The van der Waals surface area contributed by atoms with Crippen molar-refractivity contribution in [2.75, 3.05) is 19.7 Å². The average Bonchev–Trinajstić information content (AvgIpc) is 2.07. The third-order valence-corrected chi connectivity index (χ3v) is 2.55. The molecule has 1 aliphatic rings. The summed E-state index contributed by atoms with van der Waals surface area (Å²) in [6, 6.07) is 2.19. The smallest absolute Gasteiger partial charge is 0.0675 e. The summed E-state index contributed by atoms with van der Waals surface area (Å²) in [5.41, 5.74) is 0.0867. The van der Waals surface area contributed by atoms with Crippen LogP contribution in [0.2, 0.25) is 0 Å². The molecule has 1 heterocycles. The van der Waals surface area contributed by atoms with Crippen molar-refractivity contribution in [3.05, 3.63) is 0 Å². The van der Waals surface area contributed by atoms with Gasteiger partial charge in [-0.15, -0.1) is 0 Å². The second-order valence-electron chi connectivity index (χ2n) is 4.29. The van der Waals surface area contributed by atoms with Gasteiger partial charge in [0.15, 0.2) is 0 Å². The number of nitrogens with zero attached hydrogens (tertiary/aromatic N) is 2. The minimum atomic E-state index is 0.0867. The van der Waals surface area contributed by atoms with E-state index in [0.29, 0.717) is 12.5 Å². The van der Waals surface area contributed by atoms with Gasteiger partial charge in [-0.25, -0.2) is 0 Å². The Hall–Kier alpha value is -0.590. The van der Waals surface area contributed by atoms with Gasteiger partial charge in [0, 0.05) is 25.0 Å². The van der Waals surface area contributed by atoms with Crippen molar-refractivity contribution in [2.24, 2.45) is 0 Å². The molecule has 0 aliphatic carbocycles. The van der Waals surface area contributed by atoms with Crippen molar-refractivity contribution >= 4 is 0 Å². The molecule has 3 nitrogen and oxygen atoms in total. The van der Waals surface area contributed by atoms with E-state index in [-0.39, 0.29) is 5.54 Å². The molecule has 0 bridgehead atoms. The zero-order valence-electron chi connectivity index (χ0n) is 8.71. The highest BCUT2D eigenvalue weighted by Gasteiger charge is 2.32. The number of nitriles is 1. The topological polar surface area (TPSA) is 36.3 Å². The van der Waals surface area contributed by atoms with E-state index in [0.717, 1.165) is 19.7 Å². The predicted molar refractivity (Wildman–Crippen MR) is 51.3 cm³/mol. The zero-order valence-corrected chi connectivity index (χ0v) is 8.71. The fraction of sp³-hybridized carbons (Fsp3) is 0.900. The number of morpholine rings is 1. The molecule has 0 aromatic carbocycles. The molecular formula is C10H18N2O. The van der Waals surface area contributed by atoms with Gasteiger partial charge in [0.05, 0.1) is 18.8 Å². The summed E-state index contributed by atoms with van der Waals surface area (Å²) in [7, 11) is 0. The Kier molecular flexibility index (Phi) is 3.29. The summed E-state index contributed by atoms with van der Waals surface area (Å²) in [6.07, 6.45) is 0.905. The third kappa shape index (κ3) is 2.68. The molecule has 1 rings (SSSR count). The highest BCUT2D eigenvalue weighted by Crippen LogP contribution is 2.21. The monoisotopic (exact) mass is 182 g/mol. The first-order valence-corrected chi connectivity index (χ1v) is 4.80. The van der Waals surface area contributed by atoms with Gasteiger partial charge in [0.1, 0.15) is 0 Å². The Morgan fingerprint density at radius 2 is 2.31 bits per heavy atom. The number of rotatable bonds is 2. The molecule has 0 N–H and O–H groups in total. The normalized spacial score (nSPS) is 28.3. The molecule has 1 aliphatic heterocycles. The molecule has 1 saturated heterocycles. The molecule has 3 heteroatoms. The first-order chi connectivity index (χ1) is 6.06. The second kappa shape index (κ2) is 4.08. The molecule has 0 radical (unpaired) electrons. The van der Waals surface area contributed by atoms with Gasteiger partial charge in [-0.1, -0.05) is 0 Å². The lowest BCUT2D eigenvalue weighted by Crippen LogP contribution is -2.55. The molecular weight excluding hydrogens is 164 g/mol. The van der Waals surface area contributed by atoms with E-state index in [2.05, 4.69) is 31.7 Å². The van der Waals surface area contributed by atoms with E-state index in [1.54, 1.807) is 0 Å². The lowest BCUT2D eigenvalue weighted by molar-refractivity contribution is -0.0902. The molecule has 1 atom stereocenters. The average molecular weight is 182 g/mol. The molecule has 0 amide bonds. The van der Waals surface area contributed by atoms with Crippen LogP contribution < -0.4 is 0 Å². The maximum Gasteiger partial charge on any atom is 0.0675 e. The molecule has 0 aromatic rings. The van der Waals surface area contributed by atoms with Gasteiger partial charge in [-0.05, 0) is 20.8 Å². The zero-order chi connectivity index (χ0) is 9.90. The van der Waals surface area contributed by atoms with Crippen LogP contribution in [0.4, 0.5) is 0 Å². The first kappa shape index (κ1) is 10.5. The molecule has 13 heavy (non-hydrogen) atoms. The number of hydrogen-bond donors (Lipinski definition) is 0. The fourth-order valence-electron chi connectivity index (χ4n) is 1.63. The van der Waals surface area contributed by atoms with Crippen molar-refractivity contribution in [3.63, 3.8) is 0 Å². The van der Waals surface area contributed by atoms with Crippen molar-refractivity contribution in [1.29, 1.82) is 5.26 Å². The molecule has 74 valence electrons. The maximum absolute atomic E-state index is 8.53. The number of ether oxygens (including phenoxy) is 1. The van der Waals surface area contributed by atoms with E-state index in [9.17, 15) is 0 Å². The van der Waals surface area contributed by atoms with Crippen LogP contribution in [0.1, 0.15) is 27.2 Å². The van der Waals surface area contributed by atoms with Crippen LogP contribution in [-0.2, 0) is 4.74 Å². The summed E-state index contributed by atoms with van der Waals surface area (Å²) in [5.74, 6) is 0. The van der Waals surface area contributed by atoms with E-state index >= 15 is 0 Å². The molecule has 1 fully saturated rings. The van der Waals surface area contributed by atoms with Crippen LogP contribution in [0.3, 0.4) is 0 Å². The van der Waals surface area contributed by atoms with Crippen LogP contribution >= 0.6 is 0 Å². The minimum absolute atomic E-state index is 0.0867. The Labute approximate surface area is 80.3 Å². The minimum Gasteiger partial charge on any atom is -0.375 e. The summed E-state index contributed by atoms with van der Waals surface area (Å²) < 4.78 is 5.58. The lowest BCUT2D eigenvalue weighted by atomic mass is 10.0. The summed E-state index contributed by atoms with van der Waals surface area (Å²) in [5, 5.41) is 8.53. The maximum atomic E-state index is 8.53. The molecule has 0 saturated carbocycles. The van der Waals surface area contributed by atoms with Crippen molar-refractivity contribution in [2.45, 2.75) is 38.8 Å². The fourth-order valence-corrected chi connectivity index (χ4v) is 1.63. The highest BCUT2D eigenvalue weighted by atomic mass is 16.5. The van der Waals surface area contributed by atoms with Gasteiger partial charge in [-0.2, -0.15) is 5.26 Å². The highest BCUT2D eigenvalue weighted by molar-refractivity contribution is 4.88. The van der Waals surface area contributed by atoms with E-state index in [1.807, 2.05) is 0 Å². The van der Waals surface area contributed by atoms with E-state index < -0.39 is 0 Å². The first-order valence-electron chi connectivity index (χ1n) is 4.80. The van der Waals surface area contributed by atoms with Gasteiger partial charge >= 0.3 is 0 Å². The molecule has 1 unspecified atom stereocenters. The van der Waals surface area contributed by atoms with E-state index in [4.69, 9.17) is 10.00 Å². The van der Waals surface area contributed by atoms with Crippen molar-refractivity contribution in [3.8, 4) is 6.07 Å². The second-order valence-corrected chi connectivity index (χ2v) is 4.29. The standard InChI is InChI=1S/C10H18N2O/c1-9-7-12(6-4-5-11)10(2,3)8-13-9/h9H,4,6-8H2,1-3H3. The quantitative estimate of drug-likeness (QED) is 0.647. The van der Waals surface area contributed by atoms with Crippen LogP contribution in [0, 0.1) is 11.3 Å². The van der Waals surface area contributed by atoms with Crippen LogP contribution in [0.15, 0.2) is 0 Å². The SMILES string of the molecule is CC1CN(CCC#N)C(C)(C)CO1. The summed E-state index contributed by atoms with van der Waals surface area (Å²) >= 11 is 0. The molecule has 0 spiro atoms. The largest absolute Gasteiger partial charge is 0.375 e. The van der Waals surface area contributed by atoms with Crippen molar-refractivity contribution in [1.82, 2.24) is 4.90 Å². The van der Waals surface area contributed by atoms with Gasteiger partial charge in [0.25, 0.3) is 0 Å². The Bertz CT molecular complexity index is 207. The predicted octanol–water partition coefficient (Wildman–Crippen LogP) is 1.40. The third-order valence-electron chi connectivity index (χ3n) is 2.55. The lowest BCUT2D eigenvalue weighted by Gasteiger charge is -2.44.